The van der Waals surface area contributed by atoms with E-state index in [2.05, 4.69) is 4.74 Å². The van der Waals surface area contributed by atoms with Gasteiger partial charge in [-0.3, -0.25) is 4.79 Å². The van der Waals surface area contributed by atoms with E-state index in [1.54, 1.807) is 6.92 Å². The molecule has 0 aromatic heterocycles. The second-order valence-corrected chi connectivity index (χ2v) is 3.03. The van der Waals surface area contributed by atoms with Crippen molar-refractivity contribution in [3.05, 3.63) is 0 Å². The van der Waals surface area contributed by atoms with Gasteiger partial charge in [0.15, 0.2) is 0 Å². The van der Waals surface area contributed by atoms with E-state index in [-0.39, 0.29) is 12.0 Å². The van der Waals surface area contributed by atoms with Crippen molar-refractivity contribution in [3.63, 3.8) is 0 Å². The molecule has 1 heterocycles. The maximum Gasteiger partial charge on any atom is 0.315 e. The van der Waals surface area contributed by atoms with E-state index in [1.165, 1.54) is 7.11 Å². The van der Waals surface area contributed by atoms with Crippen LogP contribution in [-0.4, -0.2) is 32.3 Å². The summed E-state index contributed by atoms with van der Waals surface area (Å²) in [6.45, 7) is 2.56. The first-order valence-electron chi connectivity index (χ1n) is 3.53. The summed E-state index contributed by atoms with van der Waals surface area (Å²) in [5.74, 6) is -0.289. The summed E-state index contributed by atoms with van der Waals surface area (Å²) in [6.07, 6.45) is 0. The number of ether oxygens (including phenoxy) is 2. The Hall–Kier alpha value is -0.610. The van der Waals surface area contributed by atoms with Gasteiger partial charge in [0.05, 0.1) is 20.3 Å². The maximum absolute atomic E-state index is 11.2. The topological polar surface area (TPSA) is 61.5 Å². The van der Waals surface area contributed by atoms with Crippen LogP contribution in [0.1, 0.15) is 6.92 Å². The summed E-state index contributed by atoms with van der Waals surface area (Å²) in [7, 11) is 1.36. The van der Waals surface area contributed by atoms with Crippen LogP contribution in [0.3, 0.4) is 0 Å². The zero-order valence-electron chi connectivity index (χ0n) is 6.79. The van der Waals surface area contributed by atoms with Crippen molar-refractivity contribution >= 4 is 5.97 Å². The van der Waals surface area contributed by atoms with Gasteiger partial charge in [-0.05, 0) is 6.92 Å². The number of rotatable bonds is 1. The fraction of sp³-hybridized carbons (Fsp3) is 0.857. The van der Waals surface area contributed by atoms with Crippen LogP contribution >= 0.6 is 0 Å². The Morgan fingerprint density at radius 3 is 2.82 bits per heavy atom. The van der Waals surface area contributed by atoms with E-state index in [1.807, 2.05) is 0 Å². The third-order valence-corrected chi connectivity index (χ3v) is 2.17. The third kappa shape index (κ3) is 1.23. The molecular formula is C7H13NO3. The fourth-order valence-corrected chi connectivity index (χ4v) is 1.13. The van der Waals surface area contributed by atoms with E-state index in [0.29, 0.717) is 13.2 Å². The van der Waals surface area contributed by atoms with Gasteiger partial charge in [0.2, 0.25) is 0 Å². The lowest BCUT2D eigenvalue weighted by molar-refractivity contribution is -0.152. The molecule has 64 valence electrons. The van der Waals surface area contributed by atoms with Crippen molar-refractivity contribution in [1.29, 1.82) is 0 Å². The number of nitrogens with two attached hydrogens (primary N) is 1. The second-order valence-electron chi connectivity index (χ2n) is 3.03. The van der Waals surface area contributed by atoms with Crippen LogP contribution in [0.4, 0.5) is 0 Å². The molecule has 1 saturated heterocycles. The summed E-state index contributed by atoms with van der Waals surface area (Å²) < 4.78 is 9.68. The Kier molecular flexibility index (Phi) is 2.15. The summed E-state index contributed by atoms with van der Waals surface area (Å²) >= 11 is 0. The molecule has 0 amide bonds. The molecule has 0 aromatic carbocycles. The standard InChI is InChI=1S/C7H13NO3/c1-7(6(9)10-2)4-11-3-5(7)8/h5H,3-4,8H2,1-2H3. The van der Waals surface area contributed by atoms with Crippen molar-refractivity contribution in [3.8, 4) is 0 Å². The molecule has 0 spiro atoms. The van der Waals surface area contributed by atoms with E-state index in [9.17, 15) is 4.79 Å². The molecule has 0 radical (unpaired) electrons. The zero-order chi connectivity index (χ0) is 8.48. The highest BCUT2D eigenvalue weighted by Gasteiger charge is 2.45. The first kappa shape index (κ1) is 8.49. The third-order valence-electron chi connectivity index (χ3n) is 2.17. The number of hydrogen-bond acceptors (Lipinski definition) is 4. The fourth-order valence-electron chi connectivity index (χ4n) is 1.13. The first-order chi connectivity index (χ1) is 5.11. The Labute approximate surface area is 65.7 Å². The van der Waals surface area contributed by atoms with Crippen LogP contribution in [0.15, 0.2) is 0 Å². The molecule has 4 nitrogen and oxygen atoms in total. The number of carbonyl (C=O) groups excluding carboxylic acids is 1. The lowest BCUT2D eigenvalue weighted by atomic mass is 9.86. The number of hydrogen-bond donors (Lipinski definition) is 1. The van der Waals surface area contributed by atoms with Gasteiger partial charge in [0.1, 0.15) is 5.41 Å². The first-order valence-corrected chi connectivity index (χ1v) is 3.53. The molecule has 1 fully saturated rings. The highest BCUT2D eigenvalue weighted by atomic mass is 16.5. The van der Waals surface area contributed by atoms with Crippen molar-refractivity contribution < 1.29 is 14.3 Å². The highest BCUT2D eigenvalue weighted by molar-refractivity contribution is 5.77. The van der Waals surface area contributed by atoms with E-state index < -0.39 is 5.41 Å². The lowest BCUT2D eigenvalue weighted by Crippen LogP contribution is -2.44. The molecule has 2 N–H and O–H groups in total. The van der Waals surface area contributed by atoms with Crippen LogP contribution in [0, 0.1) is 5.41 Å². The molecular weight excluding hydrogens is 146 g/mol. The molecule has 1 aliphatic rings. The van der Waals surface area contributed by atoms with Crippen LogP contribution in [0.2, 0.25) is 0 Å². The molecule has 4 heteroatoms. The summed E-state index contributed by atoms with van der Waals surface area (Å²) in [5, 5.41) is 0. The minimum Gasteiger partial charge on any atom is -0.468 e. The van der Waals surface area contributed by atoms with E-state index in [4.69, 9.17) is 10.5 Å². The van der Waals surface area contributed by atoms with Crippen molar-refractivity contribution in [2.75, 3.05) is 20.3 Å². The smallest absolute Gasteiger partial charge is 0.315 e. The molecule has 2 atom stereocenters. The second kappa shape index (κ2) is 2.79. The van der Waals surface area contributed by atoms with Crippen LogP contribution in [0.25, 0.3) is 0 Å². The summed E-state index contributed by atoms with van der Waals surface area (Å²) in [4.78, 5) is 11.2. The number of carbonyl (C=O) groups is 1. The lowest BCUT2D eigenvalue weighted by Gasteiger charge is -2.22. The maximum atomic E-state index is 11.2. The van der Waals surface area contributed by atoms with Gasteiger partial charge >= 0.3 is 5.97 Å². The largest absolute Gasteiger partial charge is 0.468 e. The molecule has 0 aromatic rings. The Bertz CT molecular complexity index is 171. The predicted molar refractivity (Wildman–Crippen MR) is 38.9 cm³/mol. The Morgan fingerprint density at radius 1 is 1.82 bits per heavy atom. The molecule has 2 unspecified atom stereocenters. The van der Waals surface area contributed by atoms with E-state index in [0.717, 1.165) is 0 Å². The van der Waals surface area contributed by atoms with Crippen LogP contribution in [-0.2, 0) is 14.3 Å². The quantitative estimate of drug-likeness (QED) is 0.525. The van der Waals surface area contributed by atoms with Gasteiger partial charge < -0.3 is 15.2 Å². The van der Waals surface area contributed by atoms with Crippen molar-refractivity contribution in [1.82, 2.24) is 0 Å². The number of methoxy groups -OCH3 is 1. The molecule has 1 rings (SSSR count). The zero-order valence-corrected chi connectivity index (χ0v) is 6.79. The van der Waals surface area contributed by atoms with Gasteiger partial charge in [-0.25, -0.2) is 0 Å². The molecule has 1 aliphatic heterocycles. The van der Waals surface area contributed by atoms with Gasteiger partial charge in [0.25, 0.3) is 0 Å². The SMILES string of the molecule is COC(=O)C1(C)COCC1N. The number of esters is 1. The summed E-state index contributed by atoms with van der Waals surface area (Å²) in [5.41, 5.74) is 5.02. The van der Waals surface area contributed by atoms with Gasteiger partial charge in [0, 0.05) is 6.04 Å². The van der Waals surface area contributed by atoms with E-state index >= 15 is 0 Å². The average molecular weight is 159 g/mol. The van der Waals surface area contributed by atoms with Crippen LogP contribution < -0.4 is 5.73 Å². The van der Waals surface area contributed by atoms with Gasteiger partial charge in [-0.15, -0.1) is 0 Å². The highest BCUT2D eigenvalue weighted by Crippen LogP contribution is 2.27. The summed E-state index contributed by atoms with van der Waals surface area (Å²) in [6, 6.07) is -0.241. The minimum absolute atomic E-state index is 0.241. The minimum atomic E-state index is -0.644. The molecule has 11 heavy (non-hydrogen) atoms. The normalized spacial score (nSPS) is 37.2. The molecule has 0 saturated carbocycles. The Balaban J connectivity index is 2.72. The van der Waals surface area contributed by atoms with Gasteiger partial charge in [-0.2, -0.15) is 0 Å². The van der Waals surface area contributed by atoms with Crippen molar-refractivity contribution in [2.45, 2.75) is 13.0 Å². The monoisotopic (exact) mass is 159 g/mol. The predicted octanol–water partition coefficient (Wildman–Crippen LogP) is -0.477. The van der Waals surface area contributed by atoms with Crippen molar-refractivity contribution in [2.24, 2.45) is 11.1 Å². The van der Waals surface area contributed by atoms with Gasteiger partial charge in [-0.1, -0.05) is 0 Å². The molecule has 0 aliphatic carbocycles. The van der Waals surface area contributed by atoms with Crippen LogP contribution in [0.5, 0.6) is 0 Å². The average Bonchev–Trinajstić information content (AvgIpc) is 2.32. The Morgan fingerprint density at radius 2 is 2.45 bits per heavy atom. The molecule has 0 bridgehead atoms.